The molecule has 1 atom stereocenters. The Hall–Kier alpha value is -1.39. The fraction of sp³-hybridized carbons (Fsp3) is 0.588. The molecular formula is C17H27N3O. The first-order valence-corrected chi connectivity index (χ1v) is 7.90. The van der Waals surface area contributed by atoms with Gasteiger partial charge in [-0.3, -0.25) is 4.79 Å². The van der Waals surface area contributed by atoms with Gasteiger partial charge in [0.25, 0.3) is 5.91 Å². The molecule has 2 rings (SSSR count). The lowest BCUT2D eigenvalue weighted by Gasteiger charge is -2.21. The molecule has 4 nitrogen and oxygen atoms in total. The quantitative estimate of drug-likeness (QED) is 0.871. The van der Waals surface area contributed by atoms with E-state index in [1.165, 1.54) is 6.42 Å². The van der Waals surface area contributed by atoms with Crippen LogP contribution in [0, 0.1) is 5.92 Å². The standard InChI is InChI=1S/C17H27N3O/c1-3-9-19(2)12-15-8-10-20(13-15)17(21)16-6-4-14(11-18)5-7-16/h4-7,15H,3,8-13,18H2,1-2H3. The minimum Gasteiger partial charge on any atom is -0.338 e. The van der Waals surface area contributed by atoms with Gasteiger partial charge in [0.05, 0.1) is 0 Å². The van der Waals surface area contributed by atoms with Crippen molar-refractivity contribution in [1.29, 1.82) is 0 Å². The first kappa shape index (κ1) is 16.0. The largest absolute Gasteiger partial charge is 0.338 e. The van der Waals surface area contributed by atoms with E-state index < -0.39 is 0 Å². The maximum Gasteiger partial charge on any atom is 0.253 e. The SMILES string of the molecule is CCCN(C)CC1CCN(C(=O)c2ccc(CN)cc2)C1. The molecule has 0 bridgehead atoms. The predicted octanol–water partition coefficient (Wildman–Crippen LogP) is 1.95. The minimum atomic E-state index is 0.152. The average Bonchev–Trinajstić information content (AvgIpc) is 2.95. The lowest BCUT2D eigenvalue weighted by atomic mass is 10.1. The van der Waals surface area contributed by atoms with Gasteiger partial charge in [-0.25, -0.2) is 0 Å². The van der Waals surface area contributed by atoms with E-state index in [2.05, 4.69) is 18.9 Å². The van der Waals surface area contributed by atoms with Gasteiger partial charge in [-0.1, -0.05) is 19.1 Å². The highest BCUT2D eigenvalue weighted by Crippen LogP contribution is 2.20. The second-order valence-corrected chi connectivity index (χ2v) is 6.07. The number of likely N-dealkylation sites (tertiary alicyclic amines) is 1. The normalized spacial score (nSPS) is 18.5. The smallest absolute Gasteiger partial charge is 0.253 e. The van der Waals surface area contributed by atoms with Gasteiger partial charge in [-0.2, -0.15) is 0 Å². The molecule has 4 heteroatoms. The third kappa shape index (κ3) is 4.29. The molecule has 1 fully saturated rings. The van der Waals surface area contributed by atoms with E-state index in [4.69, 9.17) is 5.73 Å². The van der Waals surface area contributed by atoms with E-state index in [1.807, 2.05) is 29.2 Å². The summed E-state index contributed by atoms with van der Waals surface area (Å²) in [5, 5.41) is 0. The van der Waals surface area contributed by atoms with E-state index in [0.717, 1.165) is 43.7 Å². The van der Waals surface area contributed by atoms with Gasteiger partial charge in [-0.15, -0.1) is 0 Å². The van der Waals surface area contributed by atoms with Gasteiger partial charge >= 0.3 is 0 Å². The zero-order valence-corrected chi connectivity index (χ0v) is 13.2. The number of nitrogens with two attached hydrogens (primary N) is 1. The summed E-state index contributed by atoms with van der Waals surface area (Å²) in [5.74, 6) is 0.757. The molecule has 1 unspecified atom stereocenters. The van der Waals surface area contributed by atoms with Crippen molar-refractivity contribution in [2.45, 2.75) is 26.3 Å². The number of nitrogens with zero attached hydrogens (tertiary/aromatic N) is 2. The molecule has 1 aliphatic rings. The lowest BCUT2D eigenvalue weighted by Crippen LogP contribution is -2.31. The predicted molar refractivity (Wildman–Crippen MR) is 86.1 cm³/mol. The summed E-state index contributed by atoms with van der Waals surface area (Å²) in [5.41, 5.74) is 7.42. The van der Waals surface area contributed by atoms with Crippen molar-refractivity contribution in [3.05, 3.63) is 35.4 Å². The van der Waals surface area contributed by atoms with Crippen LogP contribution in [0.3, 0.4) is 0 Å². The Morgan fingerprint density at radius 1 is 1.38 bits per heavy atom. The molecule has 1 heterocycles. The number of carbonyl (C=O) groups excluding carboxylic acids is 1. The van der Waals surface area contributed by atoms with Crippen molar-refractivity contribution >= 4 is 5.91 Å². The van der Waals surface area contributed by atoms with E-state index in [9.17, 15) is 4.79 Å². The van der Waals surface area contributed by atoms with Crippen molar-refractivity contribution < 1.29 is 4.79 Å². The molecule has 2 N–H and O–H groups in total. The zero-order valence-electron chi connectivity index (χ0n) is 13.2. The summed E-state index contributed by atoms with van der Waals surface area (Å²) >= 11 is 0. The Bertz CT molecular complexity index is 458. The van der Waals surface area contributed by atoms with Crippen molar-refractivity contribution in [3.8, 4) is 0 Å². The van der Waals surface area contributed by atoms with Gasteiger partial charge in [0, 0.05) is 31.7 Å². The number of hydrogen-bond acceptors (Lipinski definition) is 3. The molecule has 1 aliphatic heterocycles. The molecular weight excluding hydrogens is 262 g/mol. The summed E-state index contributed by atoms with van der Waals surface area (Å²) in [4.78, 5) is 16.8. The third-order valence-electron chi connectivity index (χ3n) is 4.18. The Labute approximate surface area is 127 Å². The Balaban J connectivity index is 1.89. The van der Waals surface area contributed by atoms with Crippen molar-refractivity contribution in [2.24, 2.45) is 11.7 Å². The fourth-order valence-corrected chi connectivity index (χ4v) is 3.05. The van der Waals surface area contributed by atoms with E-state index in [0.29, 0.717) is 12.5 Å². The van der Waals surface area contributed by atoms with Crippen LogP contribution in [-0.2, 0) is 6.54 Å². The van der Waals surface area contributed by atoms with E-state index in [1.54, 1.807) is 0 Å². The molecule has 0 spiro atoms. The first-order chi connectivity index (χ1) is 10.1. The molecule has 116 valence electrons. The summed E-state index contributed by atoms with van der Waals surface area (Å²) in [6.45, 7) is 6.69. The summed E-state index contributed by atoms with van der Waals surface area (Å²) in [7, 11) is 2.17. The highest BCUT2D eigenvalue weighted by molar-refractivity contribution is 5.94. The third-order valence-corrected chi connectivity index (χ3v) is 4.18. The van der Waals surface area contributed by atoms with Crippen molar-refractivity contribution in [3.63, 3.8) is 0 Å². The van der Waals surface area contributed by atoms with Crippen LogP contribution >= 0.6 is 0 Å². The minimum absolute atomic E-state index is 0.152. The molecule has 1 aromatic rings. The monoisotopic (exact) mass is 289 g/mol. The van der Waals surface area contributed by atoms with Gasteiger partial charge in [0.1, 0.15) is 0 Å². The van der Waals surface area contributed by atoms with Crippen LogP contribution in [0.2, 0.25) is 0 Å². The van der Waals surface area contributed by atoms with Crippen LogP contribution in [0.25, 0.3) is 0 Å². The van der Waals surface area contributed by atoms with Crippen molar-refractivity contribution in [1.82, 2.24) is 9.80 Å². The van der Waals surface area contributed by atoms with Crippen LogP contribution in [0.15, 0.2) is 24.3 Å². The number of carbonyl (C=O) groups is 1. The fourth-order valence-electron chi connectivity index (χ4n) is 3.05. The molecule has 0 radical (unpaired) electrons. The first-order valence-electron chi connectivity index (χ1n) is 7.90. The summed E-state index contributed by atoms with van der Waals surface area (Å²) in [6, 6.07) is 7.66. The van der Waals surface area contributed by atoms with Gasteiger partial charge in [-0.05, 0) is 50.0 Å². The molecule has 1 saturated heterocycles. The Morgan fingerprint density at radius 2 is 2.10 bits per heavy atom. The van der Waals surface area contributed by atoms with Crippen LogP contribution in [0.4, 0.5) is 0 Å². The molecule has 21 heavy (non-hydrogen) atoms. The van der Waals surface area contributed by atoms with Crippen LogP contribution in [0.5, 0.6) is 0 Å². The van der Waals surface area contributed by atoms with Gasteiger partial charge in [0.15, 0.2) is 0 Å². The zero-order chi connectivity index (χ0) is 15.2. The van der Waals surface area contributed by atoms with E-state index in [-0.39, 0.29) is 5.91 Å². The number of hydrogen-bond donors (Lipinski definition) is 1. The Kier molecular flexibility index (Phi) is 5.76. The van der Waals surface area contributed by atoms with Crippen LogP contribution in [-0.4, -0.2) is 48.9 Å². The molecule has 0 aliphatic carbocycles. The second kappa shape index (κ2) is 7.57. The maximum atomic E-state index is 12.5. The Morgan fingerprint density at radius 3 is 2.71 bits per heavy atom. The topological polar surface area (TPSA) is 49.6 Å². The van der Waals surface area contributed by atoms with Gasteiger partial charge < -0.3 is 15.5 Å². The second-order valence-electron chi connectivity index (χ2n) is 6.07. The van der Waals surface area contributed by atoms with E-state index >= 15 is 0 Å². The molecule has 1 aromatic carbocycles. The highest BCUT2D eigenvalue weighted by Gasteiger charge is 2.27. The number of rotatable bonds is 6. The van der Waals surface area contributed by atoms with Crippen LogP contribution in [0.1, 0.15) is 35.7 Å². The summed E-state index contributed by atoms with van der Waals surface area (Å²) < 4.78 is 0. The molecule has 1 amide bonds. The average molecular weight is 289 g/mol. The van der Waals surface area contributed by atoms with Crippen molar-refractivity contribution in [2.75, 3.05) is 33.2 Å². The molecule has 0 saturated carbocycles. The number of amides is 1. The lowest BCUT2D eigenvalue weighted by molar-refractivity contribution is 0.0784. The maximum absolute atomic E-state index is 12.5. The molecule has 0 aromatic heterocycles. The van der Waals surface area contributed by atoms with Gasteiger partial charge in [0.2, 0.25) is 0 Å². The highest BCUT2D eigenvalue weighted by atomic mass is 16.2. The summed E-state index contributed by atoms with van der Waals surface area (Å²) in [6.07, 6.45) is 2.29. The van der Waals surface area contributed by atoms with Crippen LogP contribution < -0.4 is 5.73 Å². The number of benzene rings is 1.